The number of piperidine rings is 1. The summed E-state index contributed by atoms with van der Waals surface area (Å²) in [5, 5.41) is 9.73. The normalized spacial score (nSPS) is 18.9. The topological polar surface area (TPSA) is 47.1 Å². The van der Waals surface area contributed by atoms with Gasteiger partial charge in [0.2, 0.25) is 5.95 Å². The van der Waals surface area contributed by atoms with Gasteiger partial charge in [0.05, 0.1) is 12.8 Å². The van der Waals surface area contributed by atoms with E-state index in [4.69, 9.17) is 16.0 Å². The Morgan fingerprint density at radius 1 is 1.48 bits per heavy atom. The molecule has 3 rings (SSSR count). The van der Waals surface area contributed by atoms with Crippen LogP contribution in [0.2, 0.25) is 0 Å². The number of thioether (sulfide) groups is 1. The second-order valence-corrected chi connectivity index (χ2v) is 7.05. The molecule has 0 radical (unpaired) electrons. The van der Waals surface area contributed by atoms with Crippen molar-refractivity contribution in [3.8, 4) is 0 Å². The van der Waals surface area contributed by atoms with Gasteiger partial charge < -0.3 is 9.32 Å². The molecule has 0 saturated carbocycles. The molecule has 1 aliphatic heterocycles. The van der Waals surface area contributed by atoms with E-state index >= 15 is 0 Å². The van der Waals surface area contributed by atoms with E-state index < -0.39 is 0 Å². The molecule has 0 aromatic carbocycles. The molecule has 0 N–H and O–H groups in total. The van der Waals surface area contributed by atoms with Gasteiger partial charge >= 0.3 is 0 Å². The maximum Gasteiger partial charge on any atom is 0.228 e. The first-order valence-electron chi connectivity index (χ1n) is 7.86. The summed E-state index contributed by atoms with van der Waals surface area (Å²) in [6.45, 7) is 5.00. The minimum absolute atomic E-state index is 0.646. The average Bonchev–Trinajstić information content (AvgIpc) is 3.19. The van der Waals surface area contributed by atoms with Crippen molar-refractivity contribution in [3.05, 3.63) is 35.8 Å². The van der Waals surface area contributed by atoms with Crippen LogP contribution in [0.15, 0.2) is 39.6 Å². The summed E-state index contributed by atoms with van der Waals surface area (Å²) in [6, 6.07) is 3.89. The van der Waals surface area contributed by atoms with E-state index in [-0.39, 0.29) is 0 Å². The summed E-state index contributed by atoms with van der Waals surface area (Å²) in [5.74, 6) is 3.31. The zero-order chi connectivity index (χ0) is 16.1. The van der Waals surface area contributed by atoms with Gasteiger partial charge in [-0.25, -0.2) is 0 Å². The summed E-state index contributed by atoms with van der Waals surface area (Å²) in [7, 11) is 0. The standard InChI is InChI=1S/C16H21ClN4OS/c1-13-5-2-8-20(11-13)15-18-19-16(23-10-4-7-17)21(15)12-14-6-3-9-22-14/h3-4,6-7,9,13H,2,5,8,10-12H2,1H3/b7-4+. The van der Waals surface area contributed by atoms with E-state index in [9.17, 15) is 0 Å². The minimum Gasteiger partial charge on any atom is -0.467 e. The van der Waals surface area contributed by atoms with Crippen LogP contribution in [0.4, 0.5) is 5.95 Å². The summed E-state index contributed by atoms with van der Waals surface area (Å²) < 4.78 is 7.65. The molecule has 1 unspecified atom stereocenters. The first kappa shape index (κ1) is 16.5. The van der Waals surface area contributed by atoms with Crippen molar-refractivity contribution in [3.63, 3.8) is 0 Å². The number of furan rings is 1. The highest BCUT2D eigenvalue weighted by atomic mass is 35.5. The van der Waals surface area contributed by atoms with Crippen LogP contribution in [0, 0.1) is 5.92 Å². The Balaban J connectivity index is 1.85. The van der Waals surface area contributed by atoms with Crippen molar-refractivity contribution < 1.29 is 4.42 Å². The molecule has 1 saturated heterocycles. The fourth-order valence-electron chi connectivity index (χ4n) is 2.85. The molecule has 0 aliphatic carbocycles. The van der Waals surface area contributed by atoms with Crippen molar-refractivity contribution in [2.45, 2.75) is 31.5 Å². The maximum atomic E-state index is 5.61. The number of halogens is 1. The molecule has 1 fully saturated rings. The molecule has 0 bridgehead atoms. The maximum absolute atomic E-state index is 5.61. The number of anilines is 1. The predicted molar refractivity (Wildman–Crippen MR) is 94.2 cm³/mol. The highest BCUT2D eigenvalue weighted by Crippen LogP contribution is 2.27. The van der Waals surface area contributed by atoms with E-state index in [1.807, 2.05) is 18.2 Å². The second-order valence-electron chi connectivity index (χ2n) is 5.81. The van der Waals surface area contributed by atoms with Crippen LogP contribution in [-0.4, -0.2) is 33.6 Å². The molecule has 3 heterocycles. The highest BCUT2D eigenvalue weighted by molar-refractivity contribution is 7.99. The molecule has 2 aromatic rings. The lowest BCUT2D eigenvalue weighted by atomic mass is 10.0. The van der Waals surface area contributed by atoms with Crippen LogP contribution in [0.1, 0.15) is 25.5 Å². The van der Waals surface area contributed by atoms with Crippen LogP contribution in [-0.2, 0) is 6.54 Å². The number of hydrogen-bond acceptors (Lipinski definition) is 5. The van der Waals surface area contributed by atoms with Gasteiger partial charge in [0.25, 0.3) is 0 Å². The van der Waals surface area contributed by atoms with Gasteiger partial charge in [0, 0.05) is 24.4 Å². The van der Waals surface area contributed by atoms with Crippen molar-refractivity contribution in [1.29, 1.82) is 0 Å². The smallest absolute Gasteiger partial charge is 0.228 e. The molecule has 5 nitrogen and oxygen atoms in total. The quantitative estimate of drug-likeness (QED) is 0.735. The van der Waals surface area contributed by atoms with Crippen LogP contribution >= 0.6 is 23.4 Å². The van der Waals surface area contributed by atoms with E-state index in [0.717, 1.165) is 35.7 Å². The lowest BCUT2D eigenvalue weighted by molar-refractivity contribution is 0.432. The second kappa shape index (κ2) is 7.93. The Morgan fingerprint density at radius 2 is 2.39 bits per heavy atom. The third-order valence-electron chi connectivity index (χ3n) is 3.93. The molecule has 1 aliphatic rings. The van der Waals surface area contributed by atoms with Crippen LogP contribution in [0.5, 0.6) is 0 Å². The van der Waals surface area contributed by atoms with Crippen LogP contribution in [0.25, 0.3) is 0 Å². The summed E-state index contributed by atoms with van der Waals surface area (Å²) in [6.07, 6.45) is 6.09. The monoisotopic (exact) mass is 352 g/mol. The SMILES string of the molecule is CC1CCCN(c2nnc(SC/C=C/Cl)n2Cc2ccco2)C1. The molecule has 0 amide bonds. The third kappa shape index (κ3) is 4.12. The van der Waals surface area contributed by atoms with Crippen LogP contribution in [0.3, 0.4) is 0 Å². The third-order valence-corrected chi connectivity index (χ3v) is 5.03. The Hall–Kier alpha value is -1.40. The van der Waals surface area contributed by atoms with E-state index in [1.54, 1.807) is 18.0 Å². The van der Waals surface area contributed by atoms with E-state index in [2.05, 4.69) is 26.6 Å². The van der Waals surface area contributed by atoms with Gasteiger partial charge in [-0.3, -0.25) is 4.57 Å². The summed E-state index contributed by atoms with van der Waals surface area (Å²) in [4.78, 5) is 2.34. The molecule has 7 heteroatoms. The van der Waals surface area contributed by atoms with Crippen molar-refractivity contribution in [1.82, 2.24) is 14.8 Å². The Morgan fingerprint density at radius 3 is 3.13 bits per heavy atom. The van der Waals surface area contributed by atoms with Crippen molar-refractivity contribution in [2.75, 3.05) is 23.7 Å². The Bertz CT molecular complexity index is 641. The number of aromatic nitrogens is 3. The summed E-state index contributed by atoms with van der Waals surface area (Å²) >= 11 is 7.23. The van der Waals surface area contributed by atoms with E-state index in [0.29, 0.717) is 12.5 Å². The molecular formula is C16H21ClN4OS. The highest BCUT2D eigenvalue weighted by Gasteiger charge is 2.23. The summed E-state index contributed by atoms with van der Waals surface area (Å²) in [5.41, 5.74) is 1.54. The van der Waals surface area contributed by atoms with Gasteiger partial charge in [-0.15, -0.1) is 10.2 Å². The zero-order valence-corrected chi connectivity index (χ0v) is 14.8. The van der Waals surface area contributed by atoms with E-state index in [1.165, 1.54) is 18.4 Å². The Labute approximate surface area is 145 Å². The van der Waals surface area contributed by atoms with Gasteiger partial charge in [-0.1, -0.05) is 36.4 Å². The molecule has 0 spiro atoms. The largest absolute Gasteiger partial charge is 0.467 e. The minimum atomic E-state index is 0.646. The number of nitrogens with zero attached hydrogens (tertiary/aromatic N) is 4. The Kier molecular flexibility index (Phi) is 5.67. The zero-order valence-electron chi connectivity index (χ0n) is 13.2. The van der Waals surface area contributed by atoms with Crippen molar-refractivity contribution >= 4 is 29.3 Å². The average molecular weight is 353 g/mol. The number of rotatable bonds is 6. The molecular weight excluding hydrogens is 332 g/mol. The van der Waals surface area contributed by atoms with Gasteiger partial charge in [0.1, 0.15) is 5.76 Å². The van der Waals surface area contributed by atoms with Crippen molar-refractivity contribution in [2.24, 2.45) is 5.92 Å². The molecule has 1 atom stereocenters. The fraction of sp³-hybridized carbons (Fsp3) is 0.500. The number of hydrogen-bond donors (Lipinski definition) is 0. The van der Waals surface area contributed by atoms with Gasteiger partial charge in [0.15, 0.2) is 5.16 Å². The lowest BCUT2D eigenvalue weighted by Gasteiger charge is -2.31. The van der Waals surface area contributed by atoms with Gasteiger partial charge in [-0.2, -0.15) is 0 Å². The lowest BCUT2D eigenvalue weighted by Crippen LogP contribution is -2.36. The van der Waals surface area contributed by atoms with Crippen LogP contribution < -0.4 is 4.90 Å². The molecule has 23 heavy (non-hydrogen) atoms. The first-order valence-corrected chi connectivity index (χ1v) is 9.28. The molecule has 124 valence electrons. The predicted octanol–water partition coefficient (Wildman–Crippen LogP) is 4.00. The first-order chi connectivity index (χ1) is 11.3. The molecule has 2 aromatic heterocycles. The fourth-order valence-corrected chi connectivity index (χ4v) is 3.79. The van der Waals surface area contributed by atoms with Gasteiger partial charge in [-0.05, 0) is 30.9 Å².